The minimum atomic E-state index is 0.451. The lowest BCUT2D eigenvalue weighted by molar-refractivity contribution is 0.642. The Kier molecular flexibility index (Phi) is 2.29. The van der Waals surface area contributed by atoms with E-state index in [4.69, 9.17) is 0 Å². The highest BCUT2D eigenvalue weighted by atomic mass is 14.9. The number of nitrogens with one attached hydrogen (secondary N) is 1. The van der Waals surface area contributed by atoms with Gasteiger partial charge in [-0.1, -0.05) is 0 Å². The van der Waals surface area contributed by atoms with E-state index in [1.807, 2.05) is 6.20 Å². The molecule has 1 fully saturated rings. The van der Waals surface area contributed by atoms with E-state index in [1.165, 1.54) is 24.0 Å². The minimum Gasteiger partial charge on any atom is -0.310 e. The Morgan fingerprint density at radius 3 is 3.06 bits per heavy atom. The number of hydrogen-bond acceptors (Lipinski definition) is 4. The van der Waals surface area contributed by atoms with E-state index < -0.39 is 0 Å². The van der Waals surface area contributed by atoms with Crippen LogP contribution < -0.4 is 5.32 Å². The Morgan fingerprint density at radius 1 is 1.31 bits per heavy atom. The molecule has 16 heavy (non-hydrogen) atoms. The van der Waals surface area contributed by atoms with Gasteiger partial charge in [0.1, 0.15) is 11.8 Å². The molecule has 0 bridgehead atoms. The number of pyridine rings is 1. The third-order valence-electron chi connectivity index (χ3n) is 3.26. The van der Waals surface area contributed by atoms with E-state index in [0.717, 1.165) is 17.6 Å². The largest absolute Gasteiger partial charge is 0.310 e. The zero-order valence-electron chi connectivity index (χ0n) is 9.27. The van der Waals surface area contributed by atoms with Crippen LogP contribution in [0, 0.1) is 6.92 Å². The normalized spacial score (nSPS) is 20.4. The molecule has 0 spiro atoms. The fourth-order valence-electron chi connectivity index (χ4n) is 2.38. The summed E-state index contributed by atoms with van der Waals surface area (Å²) in [6.07, 6.45) is 7.75. The van der Waals surface area contributed by atoms with Crippen molar-refractivity contribution in [3.8, 4) is 0 Å². The Balaban J connectivity index is 2.15. The van der Waals surface area contributed by atoms with Crippen molar-refractivity contribution < 1.29 is 0 Å². The summed E-state index contributed by atoms with van der Waals surface area (Å²) >= 11 is 0. The highest BCUT2D eigenvalue weighted by Gasteiger charge is 2.19. The summed E-state index contributed by atoms with van der Waals surface area (Å²) in [5.74, 6) is 0. The molecular formula is C12H14N4. The predicted molar refractivity (Wildman–Crippen MR) is 62.0 cm³/mol. The second-order valence-corrected chi connectivity index (χ2v) is 4.24. The van der Waals surface area contributed by atoms with Crippen LogP contribution >= 0.6 is 0 Å². The molecule has 2 aromatic heterocycles. The first-order valence-corrected chi connectivity index (χ1v) is 5.65. The summed E-state index contributed by atoms with van der Waals surface area (Å²) in [5.41, 5.74) is 4.36. The molecule has 3 heterocycles. The maximum absolute atomic E-state index is 4.42. The summed E-state index contributed by atoms with van der Waals surface area (Å²) in [7, 11) is 0. The van der Waals surface area contributed by atoms with Gasteiger partial charge >= 0.3 is 0 Å². The summed E-state index contributed by atoms with van der Waals surface area (Å²) < 4.78 is 0. The molecule has 1 N–H and O–H groups in total. The van der Waals surface area contributed by atoms with Crippen LogP contribution in [0.3, 0.4) is 0 Å². The topological polar surface area (TPSA) is 50.7 Å². The average molecular weight is 214 g/mol. The van der Waals surface area contributed by atoms with Crippen molar-refractivity contribution in [2.24, 2.45) is 0 Å². The number of hydrogen-bond donors (Lipinski definition) is 1. The molecule has 0 unspecified atom stereocenters. The lowest BCUT2D eigenvalue weighted by Crippen LogP contribution is -2.14. The molecule has 3 rings (SSSR count). The maximum Gasteiger partial charge on any atom is 0.116 e. The molecule has 1 aliphatic heterocycles. The van der Waals surface area contributed by atoms with Crippen molar-refractivity contribution >= 4 is 11.0 Å². The molecule has 0 radical (unpaired) electrons. The molecule has 0 aromatic carbocycles. The van der Waals surface area contributed by atoms with E-state index in [0.29, 0.717) is 6.04 Å². The minimum absolute atomic E-state index is 0.451. The second kappa shape index (κ2) is 3.79. The first-order chi connectivity index (χ1) is 7.86. The highest BCUT2D eigenvalue weighted by molar-refractivity contribution is 5.77. The third-order valence-corrected chi connectivity index (χ3v) is 3.26. The summed E-state index contributed by atoms with van der Waals surface area (Å²) in [6, 6.07) is 0.451. The molecule has 0 amide bonds. The molecule has 0 aliphatic carbocycles. The van der Waals surface area contributed by atoms with Crippen LogP contribution in [-0.4, -0.2) is 21.5 Å². The molecule has 1 aliphatic rings. The molecule has 4 heteroatoms. The van der Waals surface area contributed by atoms with Crippen molar-refractivity contribution in [3.63, 3.8) is 0 Å². The fourth-order valence-corrected chi connectivity index (χ4v) is 2.38. The highest BCUT2D eigenvalue weighted by Crippen LogP contribution is 2.27. The van der Waals surface area contributed by atoms with Crippen LogP contribution in [0.1, 0.15) is 30.0 Å². The quantitative estimate of drug-likeness (QED) is 0.785. The molecular weight excluding hydrogens is 200 g/mol. The lowest BCUT2D eigenvalue weighted by atomic mass is 10.0. The molecule has 2 aromatic rings. The van der Waals surface area contributed by atoms with E-state index in [1.54, 1.807) is 12.5 Å². The van der Waals surface area contributed by atoms with E-state index in [2.05, 4.69) is 27.2 Å². The average Bonchev–Trinajstić information content (AvgIpc) is 2.83. The van der Waals surface area contributed by atoms with Crippen molar-refractivity contribution in [2.45, 2.75) is 25.8 Å². The number of fused-ring (bicyclic) bond motifs is 1. The van der Waals surface area contributed by atoms with Gasteiger partial charge in [-0.15, -0.1) is 0 Å². The van der Waals surface area contributed by atoms with Gasteiger partial charge in [0.2, 0.25) is 0 Å². The number of aryl methyl sites for hydroxylation is 1. The van der Waals surface area contributed by atoms with Crippen LogP contribution in [0.4, 0.5) is 0 Å². The lowest BCUT2D eigenvalue weighted by Gasteiger charge is -2.14. The van der Waals surface area contributed by atoms with Gasteiger partial charge in [-0.2, -0.15) is 0 Å². The van der Waals surface area contributed by atoms with Crippen molar-refractivity contribution in [3.05, 3.63) is 29.8 Å². The van der Waals surface area contributed by atoms with E-state index in [-0.39, 0.29) is 0 Å². The van der Waals surface area contributed by atoms with Crippen LogP contribution in [0.25, 0.3) is 11.0 Å². The molecule has 4 nitrogen and oxygen atoms in total. The second-order valence-electron chi connectivity index (χ2n) is 4.24. The molecule has 82 valence electrons. The predicted octanol–water partition coefficient (Wildman–Crippen LogP) is 1.76. The van der Waals surface area contributed by atoms with Crippen LogP contribution in [0.5, 0.6) is 0 Å². The molecule has 1 saturated heterocycles. The van der Waals surface area contributed by atoms with Gasteiger partial charge in [0.15, 0.2) is 0 Å². The first kappa shape index (κ1) is 9.66. The van der Waals surface area contributed by atoms with Gasteiger partial charge in [0.25, 0.3) is 0 Å². The van der Waals surface area contributed by atoms with Crippen LogP contribution in [0.15, 0.2) is 18.7 Å². The van der Waals surface area contributed by atoms with Gasteiger partial charge in [0, 0.05) is 12.2 Å². The van der Waals surface area contributed by atoms with Crippen molar-refractivity contribution in [1.29, 1.82) is 0 Å². The van der Waals surface area contributed by atoms with E-state index >= 15 is 0 Å². The number of aromatic nitrogens is 3. The van der Waals surface area contributed by atoms with Crippen LogP contribution in [-0.2, 0) is 0 Å². The number of rotatable bonds is 1. The Hall–Kier alpha value is -1.55. The Bertz CT molecular complexity index is 517. The van der Waals surface area contributed by atoms with Gasteiger partial charge in [-0.3, -0.25) is 4.98 Å². The van der Waals surface area contributed by atoms with Crippen molar-refractivity contribution in [1.82, 2.24) is 20.3 Å². The van der Waals surface area contributed by atoms with E-state index in [9.17, 15) is 0 Å². The molecule has 1 atom stereocenters. The van der Waals surface area contributed by atoms with Gasteiger partial charge in [0.05, 0.1) is 11.7 Å². The van der Waals surface area contributed by atoms with Gasteiger partial charge < -0.3 is 5.32 Å². The zero-order valence-corrected chi connectivity index (χ0v) is 9.27. The van der Waals surface area contributed by atoms with Gasteiger partial charge in [-0.25, -0.2) is 9.97 Å². The molecule has 0 saturated carbocycles. The van der Waals surface area contributed by atoms with Gasteiger partial charge in [-0.05, 0) is 37.4 Å². The fraction of sp³-hybridized carbons (Fsp3) is 0.417. The monoisotopic (exact) mass is 214 g/mol. The first-order valence-electron chi connectivity index (χ1n) is 5.65. The Labute approximate surface area is 94.1 Å². The summed E-state index contributed by atoms with van der Waals surface area (Å²) in [5, 5.41) is 3.50. The third kappa shape index (κ3) is 1.46. The summed E-state index contributed by atoms with van der Waals surface area (Å²) in [6.45, 7) is 3.22. The smallest absolute Gasteiger partial charge is 0.116 e. The summed E-state index contributed by atoms with van der Waals surface area (Å²) in [4.78, 5) is 12.7. The Morgan fingerprint density at radius 2 is 2.25 bits per heavy atom. The van der Waals surface area contributed by atoms with Crippen molar-refractivity contribution in [2.75, 3.05) is 6.54 Å². The zero-order chi connectivity index (χ0) is 11.0. The SMILES string of the molecule is Cc1c([C@@H]2CCCN2)cnc2cncnc12. The number of nitrogens with zero attached hydrogens (tertiary/aromatic N) is 3. The van der Waals surface area contributed by atoms with Crippen LogP contribution in [0.2, 0.25) is 0 Å². The maximum atomic E-state index is 4.42. The standard InChI is InChI=1S/C12H14N4/c1-8-9(10-3-2-4-14-10)5-15-11-6-13-7-16-12(8)11/h5-7,10,14H,2-4H2,1H3/t10-/m0/s1.